The van der Waals surface area contributed by atoms with Gasteiger partial charge in [-0.1, -0.05) is 34.1 Å². The summed E-state index contributed by atoms with van der Waals surface area (Å²) in [5.41, 5.74) is 1.57. The second kappa shape index (κ2) is 8.81. The SMILES string of the molecule is CCOC(=O)c1ccc(NC(=O)/C(C#N)=C\c2ccccc2Br)cc1. The zero-order valence-electron chi connectivity index (χ0n) is 13.5. The highest BCUT2D eigenvalue weighted by Gasteiger charge is 2.11. The lowest BCUT2D eigenvalue weighted by molar-refractivity contribution is -0.112. The maximum Gasteiger partial charge on any atom is 0.338 e. The number of hydrogen-bond acceptors (Lipinski definition) is 4. The lowest BCUT2D eigenvalue weighted by Crippen LogP contribution is -2.13. The maximum absolute atomic E-state index is 12.3. The molecule has 6 heteroatoms. The molecule has 0 saturated carbocycles. The van der Waals surface area contributed by atoms with Crippen LogP contribution in [0, 0.1) is 11.3 Å². The van der Waals surface area contributed by atoms with Gasteiger partial charge in [-0.3, -0.25) is 4.79 Å². The van der Waals surface area contributed by atoms with Gasteiger partial charge in [0.2, 0.25) is 0 Å². The summed E-state index contributed by atoms with van der Waals surface area (Å²) < 4.78 is 5.69. The van der Waals surface area contributed by atoms with E-state index in [9.17, 15) is 14.9 Å². The summed E-state index contributed by atoms with van der Waals surface area (Å²) >= 11 is 3.37. The number of nitrogens with one attached hydrogen (secondary N) is 1. The van der Waals surface area contributed by atoms with Crippen molar-refractivity contribution in [2.75, 3.05) is 11.9 Å². The van der Waals surface area contributed by atoms with Crippen LogP contribution < -0.4 is 5.32 Å². The quantitative estimate of drug-likeness (QED) is 0.465. The largest absolute Gasteiger partial charge is 0.462 e. The summed E-state index contributed by atoms with van der Waals surface area (Å²) in [6.07, 6.45) is 1.51. The Morgan fingerprint density at radius 1 is 1.20 bits per heavy atom. The topological polar surface area (TPSA) is 79.2 Å². The minimum atomic E-state index is -0.526. The molecule has 0 bridgehead atoms. The minimum Gasteiger partial charge on any atom is -0.462 e. The Bertz CT molecular complexity index is 852. The average Bonchev–Trinajstić information content (AvgIpc) is 2.61. The molecule has 0 aromatic heterocycles. The summed E-state index contributed by atoms with van der Waals surface area (Å²) in [6, 6.07) is 15.4. The van der Waals surface area contributed by atoms with Gasteiger partial charge in [0.15, 0.2) is 0 Å². The molecule has 0 saturated heterocycles. The Labute approximate surface area is 154 Å². The van der Waals surface area contributed by atoms with Crippen molar-refractivity contribution in [3.63, 3.8) is 0 Å². The first-order valence-corrected chi connectivity index (χ1v) is 8.29. The van der Waals surface area contributed by atoms with Crippen molar-refractivity contribution in [2.45, 2.75) is 6.92 Å². The number of nitrogens with zero attached hydrogens (tertiary/aromatic N) is 1. The van der Waals surface area contributed by atoms with Crippen molar-refractivity contribution < 1.29 is 14.3 Å². The van der Waals surface area contributed by atoms with Crippen LogP contribution in [0.25, 0.3) is 6.08 Å². The number of ether oxygens (including phenoxy) is 1. The van der Waals surface area contributed by atoms with E-state index in [0.717, 1.165) is 10.0 Å². The van der Waals surface area contributed by atoms with E-state index in [1.807, 2.05) is 24.3 Å². The van der Waals surface area contributed by atoms with Crippen LogP contribution in [0.5, 0.6) is 0 Å². The number of amides is 1. The highest BCUT2D eigenvalue weighted by Crippen LogP contribution is 2.19. The van der Waals surface area contributed by atoms with Crippen molar-refractivity contribution in [3.8, 4) is 6.07 Å². The van der Waals surface area contributed by atoms with Gasteiger partial charge in [0.05, 0.1) is 12.2 Å². The van der Waals surface area contributed by atoms with E-state index in [2.05, 4.69) is 21.2 Å². The van der Waals surface area contributed by atoms with Crippen molar-refractivity contribution in [1.29, 1.82) is 5.26 Å². The summed E-state index contributed by atoms with van der Waals surface area (Å²) in [5, 5.41) is 11.9. The smallest absolute Gasteiger partial charge is 0.338 e. The Balaban J connectivity index is 2.14. The zero-order chi connectivity index (χ0) is 18.2. The monoisotopic (exact) mass is 398 g/mol. The van der Waals surface area contributed by atoms with Crippen molar-refractivity contribution in [2.24, 2.45) is 0 Å². The van der Waals surface area contributed by atoms with E-state index in [0.29, 0.717) is 17.9 Å². The van der Waals surface area contributed by atoms with Crippen molar-refractivity contribution >= 4 is 39.6 Å². The maximum atomic E-state index is 12.3. The molecule has 0 aliphatic carbocycles. The van der Waals surface area contributed by atoms with Gasteiger partial charge in [-0.25, -0.2) is 4.79 Å². The molecule has 0 radical (unpaired) electrons. The van der Waals surface area contributed by atoms with E-state index in [-0.39, 0.29) is 5.57 Å². The number of carbonyl (C=O) groups is 2. The summed E-state index contributed by atoms with van der Waals surface area (Å²) in [6.45, 7) is 2.02. The molecule has 0 aliphatic heterocycles. The molecule has 0 unspecified atom stereocenters. The molecule has 2 rings (SSSR count). The Kier molecular flexibility index (Phi) is 6.49. The molecule has 5 nitrogen and oxygen atoms in total. The fraction of sp³-hybridized carbons (Fsp3) is 0.105. The molecule has 0 fully saturated rings. The zero-order valence-corrected chi connectivity index (χ0v) is 15.0. The Hall–Kier alpha value is -2.91. The van der Waals surface area contributed by atoms with Crippen LogP contribution in [-0.2, 0) is 9.53 Å². The van der Waals surface area contributed by atoms with Crippen LogP contribution in [0.2, 0.25) is 0 Å². The molecule has 0 heterocycles. The van der Waals surface area contributed by atoms with Gasteiger partial charge in [0.1, 0.15) is 11.6 Å². The molecule has 25 heavy (non-hydrogen) atoms. The first-order chi connectivity index (χ1) is 12.0. The molecular formula is C19H15BrN2O3. The van der Waals surface area contributed by atoms with Gasteiger partial charge in [0.25, 0.3) is 5.91 Å². The highest BCUT2D eigenvalue weighted by molar-refractivity contribution is 9.10. The molecule has 1 N–H and O–H groups in total. The van der Waals surface area contributed by atoms with Gasteiger partial charge >= 0.3 is 5.97 Å². The number of rotatable bonds is 5. The summed E-state index contributed by atoms with van der Waals surface area (Å²) in [7, 11) is 0. The number of anilines is 1. The number of hydrogen-bond donors (Lipinski definition) is 1. The van der Waals surface area contributed by atoms with E-state index in [1.165, 1.54) is 6.08 Å². The third kappa shape index (κ3) is 5.03. The van der Waals surface area contributed by atoms with E-state index >= 15 is 0 Å². The highest BCUT2D eigenvalue weighted by atomic mass is 79.9. The van der Waals surface area contributed by atoms with Gasteiger partial charge in [-0.2, -0.15) is 5.26 Å². The second-order valence-electron chi connectivity index (χ2n) is 4.94. The number of carbonyl (C=O) groups excluding carboxylic acids is 2. The van der Waals surface area contributed by atoms with Gasteiger partial charge < -0.3 is 10.1 Å². The number of halogens is 1. The normalized spacial score (nSPS) is 10.7. The van der Waals surface area contributed by atoms with E-state index in [4.69, 9.17) is 4.74 Å². The van der Waals surface area contributed by atoms with Crippen molar-refractivity contribution in [1.82, 2.24) is 0 Å². The van der Waals surface area contributed by atoms with Crippen LogP contribution in [0.15, 0.2) is 58.6 Å². The van der Waals surface area contributed by atoms with Crippen LogP contribution in [0.3, 0.4) is 0 Å². The minimum absolute atomic E-state index is 0.0265. The average molecular weight is 399 g/mol. The fourth-order valence-corrected chi connectivity index (χ4v) is 2.40. The molecular weight excluding hydrogens is 384 g/mol. The van der Waals surface area contributed by atoms with Crippen molar-refractivity contribution in [3.05, 3.63) is 69.7 Å². The third-order valence-electron chi connectivity index (χ3n) is 3.22. The predicted octanol–water partition coefficient (Wildman–Crippen LogP) is 4.17. The molecule has 0 atom stereocenters. The summed E-state index contributed by atoms with van der Waals surface area (Å²) in [5.74, 6) is -0.950. The first kappa shape index (κ1) is 18.4. The molecule has 0 spiro atoms. The fourth-order valence-electron chi connectivity index (χ4n) is 2.00. The van der Waals surface area contributed by atoms with Gasteiger partial charge in [-0.15, -0.1) is 0 Å². The van der Waals surface area contributed by atoms with E-state index < -0.39 is 11.9 Å². The molecule has 2 aromatic carbocycles. The van der Waals surface area contributed by atoms with Gasteiger partial charge in [0, 0.05) is 10.2 Å². The molecule has 2 aromatic rings. The number of esters is 1. The number of nitriles is 1. The van der Waals surface area contributed by atoms with Crippen LogP contribution in [-0.4, -0.2) is 18.5 Å². The van der Waals surface area contributed by atoms with Crippen LogP contribution in [0.4, 0.5) is 5.69 Å². The molecule has 1 amide bonds. The van der Waals surface area contributed by atoms with E-state index in [1.54, 1.807) is 37.3 Å². The number of benzene rings is 2. The standard InChI is InChI=1S/C19H15BrN2O3/c1-2-25-19(24)13-7-9-16(10-8-13)22-18(23)15(12-21)11-14-5-3-4-6-17(14)20/h3-11H,2H2,1H3,(H,22,23)/b15-11-. The lowest BCUT2D eigenvalue weighted by Gasteiger charge is -2.06. The van der Waals surface area contributed by atoms with Crippen LogP contribution in [0.1, 0.15) is 22.8 Å². The van der Waals surface area contributed by atoms with Gasteiger partial charge in [-0.05, 0) is 48.9 Å². The summed E-state index contributed by atoms with van der Waals surface area (Å²) in [4.78, 5) is 23.9. The first-order valence-electron chi connectivity index (χ1n) is 7.50. The third-order valence-corrected chi connectivity index (χ3v) is 3.95. The Morgan fingerprint density at radius 3 is 2.48 bits per heavy atom. The second-order valence-corrected chi connectivity index (χ2v) is 5.80. The molecule has 0 aliphatic rings. The van der Waals surface area contributed by atoms with Crippen LogP contribution >= 0.6 is 15.9 Å². The lowest BCUT2D eigenvalue weighted by atomic mass is 10.1. The Morgan fingerprint density at radius 2 is 1.88 bits per heavy atom. The predicted molar refractivity (Wildman–Crippen MR) is 98.8 cm³/mol. The molecule has 126 valence electrons.